The van der Waals surface area contributed by atoms with Crippen LogP contribution in [0.1, 0.15) is 49.7 Å². The standard InChI is InChI=1S/C41H40N4O4/c1-40(2,3)48-39(47)43-35(28-29-37-42-34-26-16-17-27-36(34)45(37)33-24-14-7-15-25-33)38(46)44-49-41(30-18-8-4-9-19-30,31-20-10-5-11-21-31)32-22-12-6-13-23-32/h4-27,35H,28-29H2,1-3H3,(H,43,47)(H,44,46). The van der Waals surface area contributed by atoms with Gasteiger partial charge in [-0.05, 0) is 68.1 Å². The summed E-state index contributed by atoms with van der Waals surface area (Å²) in [6.07, 6.45) is -0.109. The van der Waals surface area contributed by atoms with Crippen LogP contribution in [0.5, 0.6) is 0 Å². The molecule has 248 valence electrons. The number of hydrogen-bond donors (Lipinski definition) is 2. The molecule has 2 N–H and O–H groups in total. The lowest BCUT2D eigenvalue weighted by molar-refractivity contribution is -0.145. The first-order valence-electron chi connectivity index (χ1n) is 16.4. The van der Waals surface area contributed by atoms with E-state index in [1.54, 1.807) is 20.8 Å². The molecule has 0 aliphatic heterocycles. The van der Waals surface area contributed by atoms with Crippen molar-refractivity contribution < 1.29 is 19.2 Å². The molecular weight excluding hydrogens is 612 g/mol. The van der Waals surface area contributed by atoms with E-state index in [9.17, 15) is 9.59 Å². The summed E-state index contributed by atoms with van der Waals surface area (Å²) in [5.41, 5.74) is 6.01. The van der Waals surface area contributed by atoms with Gasteiger partial charge in [-0.2, -0.15) is 0 Å². The van der Waals surface area contributed by atoms with Gasteiger partial charge in [0.05, 0.1) is 11.0 Å². The monoisotopic (exact) mass is 652 g/mol. The zero-order chi connectivity index (χ0) is 34.3. The molecule has 1 heterocycles. The van der Waals surface area contributed by atoms with Crippen molar-refractivity contribution in [3.8, 4) is 5.69 Å². The number of nitrogens with one attached hydrogen (secondary N) is 2. The normalized spacial score (nSPS) is 12.3. The highest BCUT2D eigenvalue weighted by molar-refractivity contribution is 5.85. The smallest absolute Gasteiger partial charge is 0.408 e. The van der Waals surface area contributed by atoms with Crippen molar-refractivity contribution in [1.82, 2.24) is 20.3 Å². The number of nitrogens with zero attached hydrogens (tertiary/aromatic N) is 2. The highest BCUT2D eigenvalue weighted by Gasteiger charge is 2.40. The number of rotatable bonds is 11. The Morgan fingerprint density at radius 1 is 0.694 bits per heavy atom. The average Bonchev–Trinajstić information content (AvgIpc) is 3.49. The van der Waals surface area contributed by atoms with E-state index in [-0.39, 0.29) is 6.42 Å². The summed E-state index contributed by atoms with van der Waals surface area (Å²) >= 11 is 0. The average molecular weight is 653 g/mol. The number of aryl methyl sites for hydroxylation is 1. The first kappa shape index (κ1) is 33.2. The quantitative estimate of drug-likeness (QED) is 0.110. The number of hydroxylamine groups is 1. The molecule has 0 radical (unpaired) electrons. The Hall–Kier alpha value is -5.73. The van der Waals surface area contributed by atoms with Crippen LogP contribution in [0.4, 0.5) is 4.79 Å². The fraction of sp³-hybridized carbons (Fsp3) is 0.195. The van der Waals surface area contributed by atoms with Gasteiger partial charge in [-0.25, -0.2) is 15.3 Å². The fourth-order valence-corrected chi connectivity index (χ4v) is 5.99. The van der Waals surface area contributed by atoms with Crippen LogP contribution in [0.25, 0.3) is 16.7 Å². The fourth-order valence-electron chi connectivity index (χ4n) is 5.99. The van der Waals surface area contributed by atoms with E-state index in [1.807, 2.05) is 146 Å². The van der Waals surface area contributed by atoms with Crippen LogP contribution in [0.3, 0.4) is 0 Å². The molecule has 6 rings (SSSR count). The number of aromatic nitrogens is 2. The molecule has 8 heteroatoms. The molecule has 0 aliphatic rings. The summed E-state index contributed by atoms with van der Waals surface area (Å²) < 4.78 is 7.66. The van der Waals surface area contributed by atoms with Gasteiger partial charge in [0, 0.05) is 12.1 Å². The molecule has 0 spiro atoms. The van der Waals surface area contributed by atoms with Crippen molar-refractivity contribution in [1.29, 1.82) is 0 Å². The molecule has 5 aromatic carbocycles. The van der Waals surface area contributed by atoms with Gasteiger partial charge in [0.1, 0.15) is 17.5 Å². The van der Waals surface area contributed by atoms with Gasteiger partial charge in [-0.15, -0.1) is 0 Å². The van der Waals surface area contributed by atoms with Crippen LogP contribution in [0.2, 0.25) is 0 Å². The number of para-hydroxylation sites is 3. The first-order valence-corrected chi connectivity index (χ1v) is 16.4. The minimum absolute atomic E-state index is 0.222. The largest absolute Gasteiger partial charge is 0.444 e. The van der Waals surface area contributed by atoms with Gasteiger partial charge in [0.15, 0.2) is 5.60 Å². The molecule has 0 bridgehead atoms. The number of carbonyl (C=O) groups excluding carboxylic acids is 2. The molecule has 0 aliphatic carbocycles. The number of benzene rings is 5. The number of amides is 2. The Bertz CT molecular complexity index is 1890. The second-order valence-corrected chi connectivity index (χ2v) is 12.8. The third-order valence-electron chi connectivity index (χ3n) is 8.15. The van der Waals surface area contributed by atoms with E-state index in [0.717, 1.165) is 39.2 Å². The topological polar surface area (TPSA) is 94.5 Å². The number of alkyl carbamates (subject to hydrolysis) is 1. The zero-order valence-corrected chi connectivity index (χ0v) is 27.9. The van der Waals surface area contributed by atoms with Crippen LogP contribution >= 0.6 is 0 Å². The Kier molecular flexibility index (Phi) is 9.87. The minimum atomic E-state index is -1.20. The molecule has 49 heavy (non-hydrogen) atoms. The number of fused-ring (bicyclic) bond motifs is 1. The Morgan fingerprint density at radius 2 is 1.18 bits per heavy atom. The minimum Gasteiger partial charge on any atom is -0.444 e. The van der Waals surface area contributed by atoms with Crippen molar-refractivity contribution in [2.75, 3.05) is 0 Å². The van der Waals surface area contributed by atoms with E-state index in [4.69, 9.17) is 14.6 Å². The number of imidazole rings is 1. The van der Waals surface area contributed by atoms with Crippen LogP contribution < -0.4 is 10.8 Å². The third-order valence-corrected chi connectivity index (χ3v) is 8.15. The van der Waals surface area contributed by atoms with E-state index in [2.05, 4.69) is 15.4 Å². The zero-order valence-electron chi connectivity index (χ0n) is 27.9. The van der Waals surface area contributed by atoms with Crippen LogP contribution in [0, 0.1) is 0 Å². The van der Waals surface area contributed by atoms with E-state index >= 15 is 0 Å². The second kappa shape index (κ2) is 14.6. The van der Waals surface area contributed by atoms with Gasteiger partial charge in [-0.1, -0.05) is 121 Å². The van der Waals surface area contributed by atoms with E-state index < -0.39 is 29.2 Å². The Morgan fingerprint density at radius 3 is 1.71 bits per heavy atom. The summed E-state index contributed by atoms with van der Waals surface area (Å²) in [7, 11) is 0. The number of hydrogen-bond acceptors (Lipinski definition) is 5. The van der Waals surface area contributed by atoms with Crippen molar-refractivity contribution in [3.63, 3.8) is 0 Å². The Balaban J connectivity index is 1.34. The van der Waals surface area contributed by atoms with Gasteiger partial charge >= 0.3 is 6.09 Å². The number of carbonyl (C=O) groups is 2. The molecule has 1 unspecified atom stereocenters. The summed E-state index contributed by atoms with van der Waals surface area (Å²) in [6, 6.07) is 46.1. The van der Waals surface area contributed by atoms with Crippen molar-refractivity contribution in [2.24, 2.45) is 0 Å². The highest BCUT2D eigenvalue weighted by Crippen LogP contribution is 2.39. The maximum atomic E-state index is 14.2. The molecular formula is C41H40N4O4. The van der Waals surface area contributed by atoms with Crippen molar-refractivity contribution >= 4 is 23.0 Å². The molecule has 1 atom stereocenters. The maximum absolute atomic E-state index is 14.2. The molecule has 0 saturated carbocycles. The van der Waals surface area contributed by atoms with Gasteiger partial charge in [0.2, 0.25) is 0 Å². The van der Waals surface area contributed by atoms with E-state index in [0.29, 0.717) is 6.42 Å². The van der Waals surface area contributed by atoms with Crippen LogP contribution in [0.15, 0.2) is 146 Å². The lowest BCUT2D eigenvalue weighted by atomic mass is 9.80. The Labute approximate surface area is 286 Å². The molecule has 6 aromatic rings. The van der Waals surface area contributed by atoms with Crippen LogP contribution in [-0.2, 0) is 26.4 Å². The molecule has 8 nitrogen and oxygen atoms in total. The predicted molar refractivity (Wildman–Crippen MR) is 191 cm³/mol. The van der Waals surface area contributed by atoms with Gasteiger partial charge < -0.3 is 10.1 Å². The second-order valence-electron chi connectivity index (χ2n) is 12.8. The van der Waals surface area contributed by atoms with Crippen LogP contribution in [-0.4, -0.2) is 33.2 Å². The lowest BCUT2D eigenvalue weighted by Gasteiger charge is -2.35. The van der Waals surface area contributed by atoms with Gasteiger partial charge in [0.25, 0.3) is 5.91 Å². The third kappa shape index (κ3) is 7.55. The molecule has 0 saturated heterocycles. The van der Waals surface area contributed by atoms with Crippen molar-refractivity contribution in [3.05, 3.63) is 168 Å². The summed E-state index contributed by atoms with van der Waals surface area (Å²) in [5, 5.41) is 2.80. The molecule has 1 aromatic heterocycles. The highest BCUT2D eigenvalue weighted by atomic mass is 16.7. The summed E-state index contributed by atoms with van der Waals surface area (Å²) in [5.74, 6) is 0.227. The molecule has 0 fully saturated rings. The van der Waals surface area contributed by atoms with E-state index in [1.165, 1.54) is 0 Å². The molecule has 2 amide bonds. The summed E-state index contributed by atoms with van der Waals surface area (Å²) in [4.78, 5) is 38.8. The predicted octanol–water partition coefficient (Wildman–Crippen LogP) is 7.89. The van der Waals surface area contributed by atoms with Crippen molar-refractivity contribution in [2.45, 2.75) is 50.9 Å². The first-order chi connectivity index (χ1) is 23.7. The summed E-state index contributed by atoms with van der Waals surface area (Å²) in [6.45, 7) is 5.34. The number of ether oxygens (including phenoxy) is 1. The maximum Gasteiger partial charge on any atom is 0.408 e. The SMILES string of the molecule is CC(C)(C)OC(=O)NC(CCc1nc2ccccc2n1-c1ccccc1)C(=O)NOC(c1ccccc1)(c1ccccc1)c1ccccc1. The van der Waals surface area contributed by atoms with Gasteiger partial charge in [-0.3, -0.25) is 14.2 Å². The lowest BCUT2D eigenvalue weighted by Crippen LogP contribution is -2.50.